The van der Waals surface area contributed by atoms with Crippen LogP contribution in [0.3, 0.4) is 0 Å². The van der Waals surface area contributed by atoms with Gasteiger partial charge in [-0.05, 0) is 26.0 Å². The summed E-state index contributed by atoms with van der Waals surface area (Å²) in [6.45, 7) is 7.60. The Labute approximate surface area is 127 Å². The second kappa shape index (κ2) is 6.64. The molecular weight excluding hydrogens is 268 g/mol. The van der Waals surface area contributed by atoms with Crippen LogP contribution in [0.1, 0.15) is 25.5 Å². The minimum atomic E-state index is -0.221. The molecule has 1 fully saturated rings. The summed E-state index contributed by atoms with van der Waals surface area (Å²) < 4.78 is 16.4. The Morgan fingerprint density at radius 1 is 1.14 bits per heavy atom. The van der Waals surface area contributed by atoms with Crippen LogP contribution in [0, 0.1) is 0 Å². The molecule has 5 nitrogen and oxygen atoms in total. The van der Waals surface area contributed by atoms with Crippen molar-refractivity contribution in [2.24, 2.45) is 5.73 Å². The van der Waals surface area contributed by atoms with Crippen molar-refractivity contribution >= 4 is 0 Å². The Hall–Kier alpha value is -1.30. The lowest BCUT2D eigenvalue weighted by molar-refractivity contribution is -0.0194. The van der Waals surface area contributed by atoms with Gasteiger partial charge in [-0.1, -0.05) is 6.07 Å². The highest BCUT2D eigenvalue weighted by Gasteiger charge is 2.37. The van der Waals surface area contributed by atoms with Gasteiger partial charge in [0.15, 0.2) is 0 Å². The molecule has 0 amide bonds. The summed E-state index contributed by atoms with van der Waals surface area (Å²) in [6.07, 6.45) is 0. The third-order valence-electron chi connectivity index (χ3n) is 4.36. The molecule has 0 bridgehead atoms. The standard InChI is InChI=1S/C16H26N2O3/c1-16(2,18-8-10-21-11-9-18)15(17)14-12(19-3)6-5-7-13(14)20-4/h5-7,15H,8-11,17H2,1-4H3. The zero-order valence-electron chi connectivity index (χ0n) is 13.4. The highest BCUT2D eigenvalue weighted by Crippen LogP contribution is 2.39. The molecular formula is C16H26N2O3. The first-order valence-corrected chi connectivity index (χ1v) is 7.31. The molecule has 2 rings (SSSR count). The molecule has 1 aliphatic heterocycles. The third-order valence-corrected chi connectivity index (χ3v) is 4.36. The zero-order chi connectivity index (χ0) is 15.5. The summed E-state index contributed by atoms with van der Waals surface area (Å²) in [6, 6.07) is 5.54. The van der Waals surface area contributed by atoms with E-state index in [2.05, 4.69) is 18.7 Å². The Kier molecular flexibility index (Phi) is 5.08. The van der Waals surface area contributed by atoms with Gasteiger partial charge in [-0.2, -0.15) is 0 Å². The fourth-order valence-corrected chi connectivity index (χ4v) is 2.88. The molecule has 0 aromatic heterocycles. The first-order valence-electron chi connectivity index (χ1n) is 7.31. The van der Waals surface area contributed by atoms with E-state index < -0.39 is 0 Å². The summed E-state index contributed by atoms with van der Waals surface area (Å²) in [5.41, 5.74) is 7.31. The van der Waals surface area contributed by atoms with E-state index in [4.69, 9.17) is 19.9 Å². The fourth-order valence-electron chi connectivity index (χ4n) is 2.88. The molecule has 0 radical (unpaired) electrons. The monoisotopic (exact) mass is 294 g/mol. The van der Waals surface area contributed by atoms with Gasteiger partial charge >= 0.3 is 0 Å². The molecule has 0 aliphatic carbocycles. The van der Waals surface area contributed by atoms with Crippen molar-refractivity contribution in [3.63, 3.8) is 0 Å². The molecule has 1 aromatic rings. The lowest BCUT2D eigenvalue weighted by Crippen LogP contribution is -2.55. The van der Waals surface area contributed by atoms with Gasteiger partial charge in [0.25, 0.3) is 0 Å². The number of ether oxygens (including phenoxy) is 3. The van der Waals surface area contributed by atoms with Crippen molar-refractivity contribution in [2.45, 2.75) is 25.4 Å². The van der Waals surface area contributed by atoms with Crippen LogP contribution in [0.4, 0.5) is 0 Å². The van der Waals surface area contributed by atoms with E-state index in [1.165, 1.54) is 0 Å². The number of benzene rings is 1. The van der Waals surface area contributed by atoms with E-state index in [0.29, 0.717) is 0 Å². The van der Waals surface area contributed by atoms with E-state index in [9.17, 15) is 0 Å². The minimum absolute atomic E-state index is 0.217. The number of hydrogen-bond acceptors (Lipinski definition) is 5. The van der Waals surface area contributed by atoms with Gasteiger partial charge in [0.1, 0.15) is 11.5 Å². The maximum Gasteiger partial charge on any atom is 0.127 e. The van der Waals surface area contributed by atoms with E-state index in [1.54, 1.807) is 14.2 Å². The van der Waals surface area contributed by atoms with Gasteiger partial charge in [-0.3, -0.25) is 4.90 Å². The molecule has 0 spiro atoms. The number of hydrogen-bond donors (Lipinski definition) is 1. The molecule has 1 heterocycles. The van der Waals surface area contributed by atoms with Crippen molar-refractivity contribution in [1.82, 2.24) is 4.90 Å². The number of methoxy groups -OCH3 is 2. The first kappa shape index (κ1) is 16.1. The van der Waals surface area contributed by atoms with Crippen molar-refractivity contribution in [2.75, 3.05) is 40.5 Å². The quantitative estimate of drug-likeness (QED) is 0.897. The molecule has 1 atom stereocenters. The average molecular weight is 294 g/mol. The largest absolute Gasteiger partial charge is 0.496 e. The lowest BCUT2D eigenvalue weighted by Gasteiger charge is -2.45. The van der Waals surface area contributed by atoms with Gasteiger partial charge in [0.2, 0.25) is 0 Å². The molecule has 118 valence electrons. The minimum Gasteiger partial charge on any atom is -0.496 e. The van der Waals surface area contributed by atoms with Crippen LogP contribution in [0.5, 0.6) is 11.5 Å². The van der Waals surface area contributed by atoms with Gasteiger partial charge in [0, 0.05) is 18.6 Å². The van der Waals surface area contributed by atoms with Crippen molar-refractivity contribution in [3.05, 3.63) is 23.8 Å². The average Bonchev–Trinajstić information content (AvgIpc) is 2.54. The normalized spacial score (nSPS) is 18.3. The molecule has 21 heavy (non-hydrogen) atoms. The summed E-state index contributed by atoms with van der Waals surface area (Å²) in [4.78, 5) is 2.37. The number of morpholine rings is 1. The maximum absolute atomic E-state index is 6.61. The highest BCUT2D eigenvalue weighted by molar-refractivity contribution is 5.48. The van der Waals surface area contributed by atoms with Crippen LogP contribution in [-0.2, 0) is 4.74 Å². The molecule has 1 saturated heterocycles. The molecule has 1 aliphatic rings. The Bertz CT molecular complexity index is 448. The van der Waals surface area contributed by atoms with Crippen LogP contribution in [-0.4, -0.2) is 51.0 Å². The second-order valence-electron chi connectivity index (χ2n) is 5.81. The van der Waals surface area contributed by atoms with Gasteiger partial charge in [-0.15, -0.1) is 0 Å². The van der Waals surface area contributed by atoms with Crippen molar-refractivity contribution in [3.8, 4) is 11.5 Å². The van der Waals surface area contributed by atoms with Crippen LogP contribution in [0.25, 0.3) is 0 Å². The maximum atomic E-state index is 6.61. The van der Waals surface area contributed by atoms with Crippen LogP contribution < -0.4 is 15.2 Å². The number of nitrogens with two attached hydrogens (primary N) is 1. The predicted octanol–water partition coefficient (Wildman–Crippen LogP) is 1.81. The molecule has 1 unspecified atom stereocenters. The van der Waals surface area contributed by atoms with E-state index >= 15 is 0 Å². The van der Waals surface area contributed by atoms with E-state index in [-0.39, 0.29) is 11.6 Å². The van der Waals surface area contributed by atoms with Crippen LogP contribution in [0.15, 0.2) is 18.2 Å². The topological polar surface area (TPSA) is 57.0 Å². The lowest BCUT2D eigenvalue weighted by atomic mass is 9.86. The third kappa shape index (κ3) is 3.15. The second-order valence-corrected chi connectivity index (χ2v) is 5.81. The SMILES string of the molecule is COc1cccc(OC)c1C(N)C(C)(C)N1CCOCC1. The van der Waals surface area contributed by atoms with E-state index in [1.807, 2.05) is 18.2 Å². The van der Waals surface area contributed by atoms with Gasteiger partial charge in [0.05, 0.1) is 39.0 Å². The number of rotatable bonds is 5. The van der Waals surface area contributed by atoms with E-state index in [0.717, 1.165) is 43.4 Å². The number of nitrogens with zero attached hydrogens (tertiary/aromatic N) is 1. The predicted molar refractivity (Wildman–Crippen MR) is 82.9 cm³/mol. The summed E-state index contributed by atoms with van der Waals surface area (Å²) in [7, 11) is 3.32. The van der Waals surface area contributed by atoms with Crippen LogP contribution >= 0.6 is 0 Å². The zero-order valence-corrected chi connectivity index (χ0v) is 13.4. The molecule has 1 aromatic carbocycles. The Morgan fingerprint density at radius 3 is 2.14 bits per heavy atom. The molecule has 5 heteroatoms. The molecule has 2 N–H and O–H groups in total. The summed E-state index contributed by atoms with van der Waals surface area (Å²) in [5, 5.41) is 0. The van der Waals surface area contributed by atoms with Gasteiger partial charge < -0.3 is 19.9 Å². The highest BCUT2D eigenvalue weighted by atomic mass is 16.5. The summed E-state index contributed by atoms with van der Waals surface area (Å²) >= 11 is 0. The van der Waals surface area contributed by atoms with Crippen molar-refractivity contribution < 1.29 is 14.2 Å². The van der Waals surface area contributed by atoms with Gasteiger partial charge in [-0.25, -0.2) is 0 Å². The Balaban J connectivity index is 2.35. The Morgan fingerprint density at radius 2 is 1.67 bits per heavy atom. The van der Waals surface area contributed by atoms with Crippen molar-refractivity contribution in [1.29, 1.82) is 0 Å². The molecule has 0 saturated carbocycles. The fraction of sp³-hybridized carbons (Fsp3) is 0.625. The summed E-state index contributed by atoms with van der Waals surface area (Å²) in [5.74, 6) is 1.53. The van der Waals surface area contributed by atoms with Crippen LogP contribution in [0.2, 0.25) is 0 Å². The smallest absolute Gasteiger partial charge is 0.127 e. The first-order chi connectivity index (χ1) is 10.0.